The van der Waals surface area contributed by atoms with Crippen molar-refractivity contribution in [2.24, 2.45) is 5.41 Å². The molecule has 1 amide bonds. The number of rotatable bonds is 8. The lowest BCUT2D eigenvalue weighted by Crippen LogP contribution is -2.54. The van der Waals surface area contributed by atoms with Gasteiger partial charge in [0.1, 0.15) is 0 Å². The molecule has 4 atom stereocenters. The van der Waals surface area contributed by atoms with Gasteiger partial charge in [-0.25, -0.2) is 4.79 Å². The third kappa shape index (κ3) is 7.18. The molecule has 0 radical (unpaired) electrons. The number of amides is 1. The Bertz CT molecular complexity index is 1740. The van der Waals surface area contributed by atoms with E-state index in [-0.39, 0.29) is 24.9 Å². The number of ketones is 1. The molecule has 1 fully saturated rings. The normalized spacial score (nSPS) is 24.6. The van der Waals surface area contributed by atoms with E-state index in [4.69, 9.17) is 4.74 Å². The summed E-state index contributed by atoms with van der Waals surface area (Å²) in [6.45, 7) is 6.96. The predicted molar refractivity (Wildman–Crippen MR) is 195 cm³/mol. The lowest BCUT2D eigenvalue weighted by atomic mass is 9.64. The quantitative estimate of drug-likeness (QED) is 0.143. The van der Waals surface area contributed by atoms with E-state index in [2.05, 4.69) is 38.1 Å². The van der Waals surface area contributed by atoms with Gasteiger partial charge in [0.25, 0.3) is 0 Å². The molecule has 254 valence electrons. The van der Waals surface area contributed by atoms with Gasteiger partial charge in [-0.3, -0.25) is 4.79 Å². The van der Waals surface area contributed by atoms with Crippen molar-refractivity contribution in [3.05, 3.63) is 104 Å². The van der Waals surface area contributed by atoms with Crippen LogP contribution in [-0.2, 0) is 17.6 Å². The fourth-order valence-corrected chi connectivity index (χ4v) is 9.60. The molecule has 2 N–H and O–H groups in total. The van der Waals surface area contributed by atoms with Crippen molar-refractivity contribution >= 4 is 44.6 Å². The van der Waals surface area contributed by atoms with Crippen LogP contribution in [0.25, 0.3) is 10.1 Å². The number of benzene rings is 2. The first-order chi connectivity index (χ1) is 23.1. The monoisotopic (exact) mass is 685 g/mol. The van der Waals surface area contributed by atoms with Crippen molar-refractivity contribution in [3.8, 4) is 0 Å². The van der Waals surface area contributed by atoms with Gasteiger partial charge in [0.15, 0.2) is 0 Å². The summed E-state index contributed by atoms with van der Waals surface area (Å²) < 4.78 is 6.58. The van der Waals surface area contributed by atoms with Crippen molar-refractivity contribution in [1.82, 2.24) is 4.90 Å². The van der Waals surface area contributed by atoms with Gasteiger partial charge in [-0.15, -0.1) is 22.7 Å². The zero-order chi connectivity index (χ0) is 33.9. The Balaban J connectivity index is 1.41. The van der Waals surface area contributed by atoms with Crippen molar-refractivity contribution in [1.29, 1.82) is 0 Å². The summed E-state index contributed by atoms with van der Waals surface area (Å²) in [5, 5.41) is 26.8. The molecule has 2 aromatic carbocycles. The zero-order valence-electron chi connectivity index (χ0n) is 28.2. The van der Waals surface area contributed by atoms with Crippen LogP contribution in [0.15, 0.2) is 77.7 Å². The molecule has 1 saturated carbocycles. The highest BCUT2D eigenvalue weighted by Gasteiger charge is 2.57. The van der Waals surface area contributed by atoms with Crippen molar-refractivity contribution in [2.45, 2.75) is 89.8 Å². The number of fused-ring (bicyclic) bond motifs is 9. The molecule has 0 unspecified atom stereocenters. The number of hydrogen-bond donors (Lipinski definition) is 2. The van der Waals surface area contributed by atoms with E-state index < -0.39 is 23.2 Å². The molecule has 4 aromatic rings. The van der Waals surface area contributed by atoms with Gasteiger partial charge in [0, 0.05) is 27.1 Å². The van der Waals surface area contributed by atoms with Gasteiger partial charge in [0.2, 0.25) is 5.78 Å². The van der Waals surface area contributed by atoms with E-state index in [0.29, 0.717) is 55.5 Å². The summed E-state index contributed by atoms with van der Waals surface area (Å²) in [7, 11) is 0. The fourth-order valence-electron chi connectivity index (χ4n) is 7.89. The SMILES string of the molecule is CCOC(=O)N(CCc1cccs1)C[C@]1(O)CC[C@H]2c3ccc(cc3C(=O)c3cc4ccccc4s3)C[C@@H](O)CCC(C)=CCC[C@@]21C. The molecule has 3 aliphatic rings. The van der Waals surface area contributed by atoms with E-state index in [1.54, 1.807) is 23.2 Å². The average molecular weight is 686 g/mol. The van der Waals surface area contributed by atoms with Crippen LogP contribution < -0.4 is 0 Å². The summed E-state index contributed by atoms with van der Waals surface area (Å²) in [5.74, 6) is -0.139. The summed E-state index contributed by atoms with van der Waals surface area (Å²) >= 11 is 3.17. The number of aliphatic hydroxyl groups is 2. The molecule has 3 aliphatic carbocycles. The summed E-state index contributed by atoms with van der Waals surface area (Å²) in [6.07, 6.45) is 6.56. The Kier molecular flexibility index (Phi) is 10.6. The Morgan fingerprint density at radius 3 is 2.67 bits per heavy atom. The Labute approximate surface area is 292 Å². The number of allylic oxidation sites excluding steroid dienone is 2. The first kappa shape index (κ1) is 34.6. The second kappa shape index (κ2) is 14.7. The standard InChI is InChI=1S/C40H47NO5S2/c1-4-46-38(44)41(21-18-31-11-8-22-47-31)26-40(45)20-17-34-32-16-14-28(23-30(42)15-13-27(2)9-7-19-39(34,40)3)24-33(32)37(43)36-25-29-10-5-6-12-35(29)48-36/h5-6,8-12,14,16,22,24-25,30,34,42,45H,4,7,13,15,17-21,23,26H2,1-3H3/t30-,34-,39-,40+/m0/s1. The molecule has 7 rings (SSSR count). The van der Waals surface area contributed by atoms with Gasteiger partial charge in [-0.2, -0.15) is 0 Å². The highest BCUT2D eigenvalue weighted by atomic mass is 32.1. The van der Waals surface area contributed by atoms with Gasteiger partial charge >= 0.3 is 6.09 Å². The first-order valence-corrected chi connectivity index (χ1v) is 19.0. The van der Waals surface area contributed by atoms with E-state index in [0.717, 1.165) is 34.1 Å². The highest BCUT2D eigenvalue weighted by molar-refractivity contribution is 7.21. The number of thiophene rings is 2. The molecule has 0 aliphatic heterocycles. The third-order valence-electron chi connectivity index (χ3n) is 10.8. The second-order valence-corrected chi connectivity index (χ2v) is 16.0. The van der Waals surface area contributed by atoms with Crippen LogP contribution in [0.3, 0.4) is 0 Å². The van der Waals surface area contributed by atoms with E-state index in [1.807, 2.05) is 47.8 Å². The van der Waals surface area contributed by atoms with Gasteiger partial charge in [-0.1, -0.05) is 55.0 Å². The number of nitrogens with zero attached hydrogens (tertiary/aromatic N) is 1. The van der Waals surface area contributed by atoms with Crippen LogP contribution in [0.1, 0.15) is 96.5 Å². The number of carbonyl (C=O) groups is 2. The average Bonchev–Trinajstić information content (AvgIpc) is 3.81. The van der Waals surface area contributed by atoms with E-state index in [1.165, 1.54) is 21.8 Å². The summed E-state index contributed by atoms with van der Waals surface area (Å²) in [5.41, 5.74) is 1.91. The lowest BCUT2D eigenvalue weighted by molar-refractivity contribution is -0.0807. The number of ether oxygens (including phenoxy) is 1. The van der Waals surface area contributed by atoms with Crippen LogP contribution in [0.2, 0.25) is 0 Å². The second-order valence-electron chi connectivity index (χ2n) is 13.9. The molecule has 2 aromatic heterocycles. The van der Waals surface area contributed by atoms with Gasteiger partial charge < -0.3 is 19.8 Å². The summed E-state index contributed by atoms with van der Waals surface area (Å²) in [6, 6.07) is 20.2. The van der Waals surface area contributed by atoms with Crippen LogP contribution in [0, 0.1) is 5.41 Å². The minimum absolute atomic E-state index is 0.0211. The van der Waals surface area contributed by atoms with Gasteiger partial charge in [0.05, 0.1) is 29.7 Å². The Morgan fingerprint density at radius 1 is 1.06 bits per heavy atom. The van der Waals surface area contributed by atoms with Crippen LogP contribution in [0.5, 0.6) is 0 Å². The van der Waals surface area contributed by atoms with Crippen LogP contribution in [0.4, 0.5) is 4.79 Å². The molecule has 48 heavy (non-hydrogen) atoms. The van der Waals surface area contributed by atoms with Crippen molar-refractivity contribution in [2.75, 3.05) is 19.7 Å². The third-order valence-corrected chi connectivity index (χ3v) is 12.8. The lowest BCUT2D eigenvalue weighted by Gasteiger charge is -2.46. The topological polar surface area (TPSA) is 87.1 Å². The predicted octanol–water partition coefficient (Wildman–Crippen LogP) is 8.93. The summed E-state index contributed by atoms with van der Waals surface area (Å²) in [4.78, 5) is 31.4. The van der Waals surface area contributed by atoms with Crippen molar-refractivity contribution < 1.29 is 24.5 Å². The first-order valence-electron chi connectivity index (χ1n) is 17.3. The fraction of sp³-hybridized carbons (Fsp3) is 0.450. The molecule has 0 spiro atoms. The van der Waals surface area contributed by atoms with E-state index in [9.17, 15) is 19.8 Å². The minimum Gasteiger partial charge on any atom is -0.450 e. The maximum absolute atomic E-state index is 14.5. The molecule has 8 heteroatoms. The molecule has 2 heterocycles. The smallest absolute Gasteiger partial charge is 0.409 e. The largest absolute Gasteiger partial charge is 0.450 e. The number of aliphatic hydroxyl groups excluding tert-OH is 1. The molecular formula is C40H47NO5S2. The molecular weight excluding hydrogens is 639 g/mol. The zero-order valence-corrected chi connectivity index (χ0v) is 29.9. The maximum Gasteiger partial charge on any atom is 0.409 e. The van der Waals surface area contributed by atoms with Gasteiger partial charge in [-0.05, 0) is 117 Å². The molecule has 6 nitrogen and oxygen atoms in total. The Hall–Kier alpha value is -3.30. The number of carbonyl (C=O) groups excluding carboxylic acids is 2. The van der Waals surface area contributed by atoms with Crippen molar-refractivity contribution in [3.63, 3.8) is 0 Å². The molecule has 2 bridgehead atoms. The van der Waals surface area contributed by atoms with Crippen LogP contribution in [-0.4, -0.2) is 58.4 Å². The van der Waals surface area contributed by atoms with E-state index >= 15 is 0 Å². The Morgan fingerprint density at radius 2 is 1.90 bits per heavy atom. The number of hydrogen-bond acceptors (Lipinski definition) is 7. The molecule has 0 saturated heterocycles. The maximum atomic E-state index is 14.5. The van der Waals surface area contributed by atoms with Crippen LogP contribution >= 0.6 is 22.7 Å². The minimum atomic E-state index is -1.20. The highest BCUT2D eigenvalue weighted by Crippen LogP contribution is 2.59.